The van der Waals surface area contributed by atoms with E-state index < -0.39 is 33.7 Å². The van der Waals surface area contributed by atoms with Crippen LogP contribution in [0.2, 0.25) is 0 Å². The van der Waals surface area contributed by atoms with E-state index in [0.717, 1.165) is 0 Å². The maximum atomic E-state index is 12.3. The van der Waals surface area contributed by atoms with E-state index >= 15 is 0 Å². The maximum absolute atomic E-state index is 12.3. The van der Waals surface area contributed by atoms with Gasteiger partial charge in [0.1, 0.15) is 6.04 Å². The predicted octanol–water partition coefficient (Wildman–Crippen LogP) is -0.786. The van der Waals surface area contributed by atoms with Crippen molar-refractivity contribution in [2.24, 2.45) is 0 Å². The lowest BCUT2D eigenvalue weighted by molar-refractivity contribution is -0.148. The molecule has 1 atom stereocenters. The van der Waals surface area contributed by atoms with E-state index in [1.54, 1.807) is 20.8 Å². The molecule has 0 unspecified atom stereocenters. The van der Waals surface area contributed by atoms with E-state index in [4.69, 9.17) is 4.84 Å². The molecule has 12 heteroatoms. The number of methoxy groups -OCH3 is 1. The number of carbonyl (C=O) groups excluding carboxylic acids is 2. The summed E-state index contributed by atoms with van der Waals surface area (Å²) in [4.78, 5) is 28.2. The van der Waals surface area contributed by atoms with E-state index in [9.17, 15) is 18.0 Å². The van der Waals surface area contributed by atoms with Crippen molar-refractivity contribution in [3.05, 3.63) is 0 Å². The summed E-state index contributed by atoms with van der Waals surface area (Å²) in [6.07, 6.45) is -0.693. The first kappa shape index (κ1) is 23.9. The highest BCUT2D eigenvalue weighted by Crippen LogP contribution is 2.08. The first-order chi connectivity index (χ1) is 11.0. The molecular weight excluding hydrogens is 376 g/mol. The van der Waals surface area contributed by atoms with Crippen LogP contribution in [0.25, 0.3) is 0 Å². The fraction of sp³-hybridized carbons (Fsp3) is 0.846. The number of rotatable bonds is 6. The number of ether oxygens (including phenoxy) is 1. The molecular formula is C13H27ClN4O6S. The number of hydroxylamine groups is 1. The van der Waals surface area contributed by atoms with E-state index in [-0.39, 0.29) is 37.8 Å². The van der Waals surface area contributed by atoms with Crippen LogP contribution in [0.5, 0.6) is 0 Å². The SMILES string of the molecule is COC(=O)NCCS(=O)(=O)N1CCN[C@@H](C(=O)NOC(C)(C)C)C1.Cl. The van der Waals surface area contributed by atoms with Gasteiger partial charge in [0, 0.05) is 26.2 Å². The summed E-state index contributed by atoms with van der Waals surface area (Å²) >= 11 is 0. The molecule has 1 fully saturated rings. The predicted molar refractivity (Wildman–Crippen MR) is 93.8 cm³/mol. The average molecular weight is 403 g/mol. The van der Waals surface area contributed by atoms with Crippen molar-refractivity contribution in [1.29, 1.82) is 0 Å². The van der Waals surface area contributed by atoms with Crippen molar-refractivity contribution in [3.63, 3.8) is 0 Å². The number of sulfonamides is 1. The first-order valence-electron chi connectivity index (χ1n) is 7.56. The minimum atomic E-state index is -3.59. The lowest BCUT2D eigenvalue weighted by Gasteiger charge is -2.32. The van der Waals surface area contributed by atoms with Crippen LogP contribution in [0.3, 0.4) is 0 Å². The molecule has 1 heterocycles. The average Bonchev–Trinajstić information content (AvgIpc) is 2.51. The van der Waals surface area contributed by atoms with E-state index in [1.807, 2.05) is 0 Å². The Labute approximate surface area is 154 Å². The van der Waals surface area contributed by atoms with Crippen molar-refractivity contribution >= 4 is 34.4 Å². The van der Waals surface area contributed by atoms with Crippen LogP contribution >= 0.6 is 12.4 Å². The van der Waals surface area contributed by atoms with Crippen molar-refractivity contribution in [3.8, 4) is 0 Å². The highest BCUT2D eigenvalue weighted by molar-refractivity contribution is 7.89. The number of nitrogens with zero attached hydrogens (tertiary/aromatic N) is 1. The third-order valence-corrected chi connectivity index (χ3v) is 4.96. The summed E-state index contributed by atoms with van der Waals surface area (Å²) in [6.45, 7) is 5.89. The zero-order chi connectivity index (χ0) is 18.4. The zero-order valence-electron chi connectivity index (χ0n) is 14.8. The van der Waals surface area contributed by atoms with Gasteiger partial charge >= 0.3 is 6.09 Å². The second-order valence-electron chi connectivity index (χ2n) is 6.28. The highest BCUT2D eigenvalue weighted by Gasteiger charge is 2.32. The van der Waals surface area contributed by atoms with Gasteiger partial charge in [-0.3, -0.25) is 9.63 Å². The summed E-state index contributed by atoms with van der Waals surface area (Å²) < 4.78 is 30.2. The summed E-state index contributed by atoms with van der Waals surface area (Å²) in [6, 6.07) is -0.704. The highest BCUT2D eigenvalue weighted by atomic mass is 35.5. The van der Waals surface area contributed by atoms with Crippen LogP contribution in [0.4, 0.5) is 4.79 Å². The Hall–Kier alpha value is -1.14. The van der Waals surface area contributed by atoms with Crippen LogP contribution in [0.15, 0.2) is 0 Å². The van der Waals surface area contributed by atoms with E-state index in [0.29, 0.717) is 6.54 Å². The molecule has 0 aromatic carbocycles. The fourth-order valence-electron chi connectivity index (χ4n) is 1.91. The number of hydrogen-bond acceptors (Lipinski definition) is 7. The summed E-state index contributed by atoms with van der Waals surface area (Å²) in [5, 5.41) is 5.27. The van der Waals surface area contributed by atoms with Crippen LogP contribution in [-0.4, -0.2) is 75.4 Å². The van der Waals surface area contributed by atoms with Crippen LogP contribution in [0, 0.1) is 0 Å². The number of hydrogen-bond donors (Lipinski definition) is 3. The molecule has 2 amide bonds. The van der Waals surface area contributed by atoms with Gasteiger partial charge in [-0.1, -0.05) is 0 Å². The van der Waals surface area contributed by atoms with E-state index in [2.05, 4.69) is 20.9 Å². The Morgan fingerprint density at radius 2 is 1.96 bits per heavy atom. The Kier molecular flexibility index (Phi) is 9.66. The second-order valence-corrected chi connectivity index (χ2v) is 8.37. The molecule has 0 aromatic rings. The Morgan fingerprint density at radius 3 is 2.52 bits per heavy atom. The number of piperazine rings is 1. The molecule has 0 aliphatic carbocycles. The third kappa shape index (κ3) is 8.68. The largest absolute Gasteiger partial charge is 0.453 e. The smallest absolute Gasteiger partial charge is 0.406 e. The summed E-state index contributed by atoms with van der Waals surface area (Å²) in [5.74, 6) is -0.702. The summed E-state index contributed by atoms with van der Waals surface area (Å²) in [7, 11) is -2.40. The molecule has 148 valence electrons. The molecule has 0 saturated carbocycles. The Balaban J connectivity index is 0.00000576. The molecule has 1 aliphatic rings. The molecule has 0 aromatic heterocycles. The molecule has 1 rings (SSSR count). The number of alkyl carbamates (subject to hydrolysis) is 1. The van der Waals surface area contributed by atoms with Crippen molar-refractivity contribution < 1.29 is 27.6 Å². The molecule has 10 nitrogen and oxygen atoms in total. The molecule has 1 saturated heterocycles. The van der Waals surface area contributed by atoms with Gasteiger partial charge in [0.2, 0.25) is 10.0 Å². The van der Waals surface area contributed by atoms with Crippen LogP contribution < -0.4 is 16.1 Å². The third-order valence-electron chi connectivity index (χ3n) is 3.12. The quantitative estimate of drug-likeness (QED) is 0.497. The number of halogens is 1. The molecule has 0 spiro atoms. The standard InChI is InChI=1S/C13H26N4O6S.ClH/c1-13(2,3)23-16-11(18)10-9-17(7-5-14-10)24(20,21)8-6-15-12(19)22-4;/h10,14H,5-9H2,1-4H3,(H,15,19)(H,16,18);1H/t10-;/m1./s1. The zero-order valence-corrected chi connectivity index (χ0v) is 16.5. The molecule has 25 heavy (non-hydrogen) atoms. The first-order valence-corrected chi connectivity index (χ1v) is 9.17. The minimum Gasteiger partial charge on any atom is -0.453 e. The number of nitrogens with one attached hydrogen (secondary N) is 3. The molecule has 3 N–H and O–H groups in total. The minimum absolute atomic E-state index is 0. The number of carbonyl (C=O) groups is 2. The molecule has 1 aliphatic heterocycles. The van der Waals surface area contributed by atoms with E-state index in [1.165, 1.54) is 11.4 Å². The normalized spacial score (nSPS) is 18.8. The van der Waals surface area contributed by atoms with Crippen LogP contribution in [0.1, 0.15) is 20.8 Å². The van der Waals surface area contributed by atoms with Crippen LogP contribution in [-0.2, 0) is 24.4 Å². The van der Waals surface area contributed by atoms with Gasteiger partial charge in [0.25, 0.3) is 5.91 Å². The Morgan fingerprint density at radius 1 is 1.32 bits per heavy atom. The summed E-state index contributed by atoms with van der Waals surface area (Å²) in [5.41, 5.74) is 1.79. The molecule has 0 radical (unpaired) electrons. The van der Waals surface area contributed by atoms with Gasteiger partial charge in [-0.15, -0.1) is 12.4 Å². The van der Waals surface area contributed by atoms with Gasteiger partial charge in [-0.2, -0.15) is 4.31 Å². The monoisotopic (exact) mass is 402 g/mol. The second kappa shape index (κ2) is 10.1. The molecule has 0 bridgehead atoms. The van der Waals surface area contributed by atoms with Gasteiger partial charge in [-0.05, 0) is 20.8 Å². The topological polar surface area (TPSA) is 126 Å². The van der Waals surface area contributed by atoms with Gasteiger partial charge in [-0.25, -0.2) is 18.7 Å². The van der Waals surface area contributed by atoms with Crippen molar-refractivity contribution in [1.82, 2.24) is 20.4 Å². The fourth-order valence-corrected chi connectivity index (χ4v) is 3.27. The van der Waals surface area contributed by atoms with Gasteiger partial charge in [0.05, 0.1) is 18.5 Å². The number of amides is 2. The van der Waals surface area contributed by atoms with Crippen molar-refractivity contribution in [2.75, 3.05) is 39.0 Å². The lowest BCUT2D eigenvalue weighted by Crippen LogP contribution is -2.59. The maximum Gasteiger partial charge on any atom is 0.406 e. The Bertz CT molecular complexity index is 551. The lowest BCUT2D eigenvalue weighted by atomic mass is 10.2. The van der Waals surface area contributed by atoms with Gasteiger partial charge in [0.15, 0.2) is 0 Å². The van der Waals surface area contributed by atoms with Gasteiger partial charge < -0.3 is 15.4 Å². The van der Waals surface area contributed by atoms with Crippen molar-refractivity contribution in [2.45, 2.75) is 32.4 Å².